The molecule has 0 aromatic heterocycles. The lowest BCUT2D eigenvalue weighted by atomic mass is 10.0. The first-order chi connectivity index (χ1) is 21.4. The van der Waals surface area contributed by atoms with Crippen LogP contribution in [0, 0.1) is 0 Å². The van der Waals surface area contributed by atoms with Gasteiger partial charge in [0.1, 0.15) is 11.8 Å². The van der Waals surface area contributed by atoms with E-state index in [1.54, 1.807) is 38.2 Å². The van der Waals surface area contributed by atoms with Gasteiger partial charge < -0.3 is 25.2 Å². The zero-order chi connectivity index (χ0) is 32.5. The molecule has 3 amide bonds. The summed E-state index contributed by atoms with van der Waals surface area (Å²) in [5.74, 6) is -1.02. The van der Waals surface area contributed by atoms with Gasteiger partial charge in [-0.25, -0.2) is 0 Å². The van der Waals surface area contributed by atoms with Gasteiger partial charge in [-0.2, -0.15) is 13.2 Å². The summed E-state index contributed by atoms with van der Waals surface area (Å²) in [7, 11) is 3.14. The normalized spacial score (nSPS) is 15.8. The van der Waals surface area contributed by atoms with Crippen molar-refractivity contribution in [1.82, 2.24) is 10.6 Å². The van der Waals surface area contributed by atoms with Crippen LogP contribution in [0.2, 0.25) is 0 Å². The second kappa shape index (κ2) is 12.9. The zero-order valence-corrected chi connectivity index (χ0v) is 26.2. The van der Waals surface area contributed by atoms with E-state index in [1.165, 1.54) is 16.9 Å². The molecule has 45 heavy (non-hydrogen) atoms. The number of ether oxygens (including phenoxy) is 1. The fourth-order valence-electron chi connectivity index (χ4n) is 5.29. The number of carbonyl (C=O) groups is 3. The molecule has 1 aliphatic heterocycles. The van der Waals surface area contributed by atoms with Crippen LogP contribution in [0.3, 0.4) is 0 Å². The molecular weight excluding hydrogens is 653 g/mol. The van der Waals surface area contributed by atoms with E-state index in [-0.39, 0.29) is 18.7 Å². The lowest BCUT2D eigenvalue weighted by Gasteiger charge is -2.27. The number of fused-ring (bicyclic) bond motifs is 2. The number of amides is 3. The maximum atomic E-state index is 14.4. The van der Waals surface area contributed by atoms with Crippen LogP contribution in [0.5, 0.6) is 5.75 Å². The summed E-state index contributed by atoms with van der Waals surface area (Å²) in [4.78, 5) is 44.2. The molecule has 5 rings (SSSR count). The smallest absolute Gasteiger partial charge is 0.416 e. The number of methoxy groups -OCH3 is 1. The van der Waals surface area contributed by atoms with Gasteiger partial charge in [0.25, 0.3) is 11.8 Å². The number of nitrogens with one attached hydrogen (secondary N) is 2. The van der Waals surface area contributed by atoms with Gasteiger partial charge >= 0.3 is 6.18 Å². The second-order valence-electron chi connectivity index (χ2n) is 10.6. The summed E-state index contributed by atoms with van der Waals surface area (Å²) in [5.41, 5.74) is 0.558. The molecule has 0 radical (unpaired) electrons. The average molecular weight is 684 g/mol. The number of likely N-dealkylation sites (N-methyl/N-ethyl adjacent to an activating group) is 1. The van der Waals surface area contributed by atoms with Gasteiger partial charge in [0.15, 0.2) is 0 Å². The summed E-state index contributed by atoms with van der Waals surface area (Å²) in [6, 6.07) is 18.3. The molecule has 1 heterocycles. The van der Waals surface area contributed by atoms with Gasteiger partial charge in [-0.1, -0.05) is 40.2 Å². The van der Waals surface area contributed by atoms with Gasteiger partial charge in [0.05, 0.1) is 43.2 Å². The number of halogens is 4. The molecule has 2 unspecified atom stereocenters. The summed E-state index contributed by atoms with van der Waals surface area (Å²) >= 11 is 3.50. The Morgan fingerprint density at radius 2 is 1.71 bits per heavy atom. The van der Waals surface area contributed by atoms with Crippen molar-refractivity contribution >= 4 is 55.8 Å². The molecule has 4 aromatic rings. The van der Waals surface area contributed by atoms with Crippen LogP contribution >= 0.6 is 15.9 Å². The average Bonchev–Trinajstić information content (AvgIpc) is 3.14. The number of anilines is 2. The fraction of sp³-hybridized carbons (Fsp3) is 0.242. The fourth-order valence-corrected chi connectivity index (χ4v) is 5.67. The quantitative estimate of drug-likeness (QED) is 0.253. The molecule has 0 spiro atoms. The Kier molecular flexibility index (Phi) is 9.17. The molecule has 234 valence electrons. The van der Waals surface area contributed by atoms with Gasteiger partial charge in [-0.3, -0.25) is 14.4 Å². The second-order valence-corrected chi connectivity index (χ2v) is 11.5. The SMILES string of the molecule is CNC(C)C(=O)NC1CN(C(=O)c2ccc(C(F)(F)F)cc2)c2ccccc2N(Cc2c(OC)ccc3cc(Br)ccc23)C1=O. The molecule has 4 aromatic carbocycles. The molecule has 0 fully saturated rings. The minimum absolute atomic E-state index is 0.00586. The number of rotatable bonds is 7. The maximum Gasteiger partial charge on any atom is 0.416 e. The highest BCUT2D eigenvalue weighted by Gasteiger charge is 2.38. The van der Waals surface area contributed by atoms with Crippen molar-refractivity contribution in [2.75, 3.05) is 30.5 Å². The largest absolute Gasteiger partial charge is 0.496 e. The Hall–Kier alpha value is -4.42. The van der Waals surface area contributed by atoms with Crippen molar-refractivity contribution in [2.45, 2.75) is 31.7 Å². The van der Waals surface area contributed by atoms with Crippen molar-refractivity contribution in [3.8, 4) is 5.75 Å². The van der Waals surface area contributed by atoms with Crippen molar-refractivity contribution in [1.29, 1.82) is 0 Å². The first-order valence-electron chi connectivity index (χ1n) is 14.0. The topological polar surface area (TPSA) is 91.0 Å². The van der Waals surface area contributed by atoms with Crippen LogP contribution in [0.25, 0.3) is 10.8 Å². The van der Waals surface area contributed by atoms with Crippen molar-refractivity contribution in [3.63, 3.8) is 0 Å². The Morgan fingerprint density at radius 1 is 1.02 bits per heavy atom. The lowest BCUT2D eigenvalue weighted by Crippen LogP contribution is -2.55. The number of para-hydroxylation sites is 2. The molecular formula is C33H30BrF3N4O4. The predicted octanol–water partition coefficient (Wildman–Crippen LogP) is 5.92. The number of benzene rings is 4. The Bertz CT molecular complexity index is 1760. The van der Waals surface area contributed by atoms with E-state index in [2.05, 4.69) is 26.6 Å². The van der Waals surface area contributed by atoms with Gasteiger partial charge in [-0.15, -0.1) is 0 Å². The number of hydrogen-bond acceptors (Lipinski definition) is 5. The molecule has 8 nitrogen and oxygen atoms in total. The van der Waals surface area contributed by atoms with E-state index in [0.29, 0.717) is 22.7 Å². The third kappa shape index (κ3) is 6.52. The molecule has 0 aliphatic carbocycles. The molecule has 0 bridgehead atoms. The van der Waals surface area contributed by atoms with E-state index in [1.807, 2.05) is 30.3 Å². The maximum absolute atomic E-state index is 14.4. The first kappa shape index (κ1) is 32.0. The Balaban J connectivity index is 1.63. The van der Waals surface area contributed by atoms with E-state index in [0.717, 1.165) is 39.5 Å². The molecule has 2 atom stereocenters. The molecule has 2 N–H and O–H groups in total. The molecule has 12 heteroatoms. The number of hydrogen-bond donors (Lipinski definition) is 2. The van der Waals surface area contributed by atoms with Crippen LogP contribution in [-0.2, 0) is 22.3 Å². The van der Waals surface area contributed by atoms with Crippen LogP contribution in [-0.4, -0.2) is 50.5 Å². The highest BCUT2D eigenvalue weighted by atomic mass is 79.9. The third-order valence-corrected chi connectivity index (χ3v) is 8.32. The van der Waals surface area contributed by atoms with E-state index in [4.69, 9.17) is 4.74 Å². The van der Waals surface area contributed by atoms with Crippen LogP contribution in [0.15, 0.2) is 83.3 Å². The summed E-state index contributed by atoms with van der Waals surface area (Å²) in [5, 5.41) is 7.36. The molecule has 0 saturated heterocycles. The summed E-state index contributed by atoms with van der Waals surface area (Å²) in [6.07, 6.45) is -4.57. The van der Waals surface area contributed by atoms with Gasteiger partial charge in [-0.05, 0) is 79.3 Å². The number of carbonyl (C=O) groups excluding carboxylic acids is 3. The highest BCUT2D eigenvalue weighted by molar-refractivity contribution is 9.10. The lowest BCUT2D eigenvalue weighted by molar-refractivity contribution is -0.137. The van der Waals surface area contributed by atoms with Crippen molar-refractivity contribution in [3.05, 3.63) is 100 Å². The third-order valence-electron chi connectivity index (χ3n) is 7.83. The summed E-state index contributed by atoms with van der Waals surface area (Å²) in [6.45, 7) is 1.41. The highest BCUT2D eigenvalue weighted by Crippen LogP contribution is 2.38. The zero-order valence-electron chi connectivity index (χ0n) is 24.6. The molecule has 1 aliphatic rings. The summed E-state index contributed by atoms with van der Waals surface area (Å²) < 4.78 is 46.3. The minimum Gasteiger partial charge on any atom is -0.496 e. The Labute approximate surface area is 266 Å². The van der Waals surface area contributed by atoms with Gasteiger partial charge in [0.2, 0.25) is 5.91 Å². The van der Waals surface area contributed by atoms with E-state index < -0.39 is 41.5 Å². The monoisotopic (exact) mass is 682 g/mol. The van der Waals surface area contributed by atoms with Crippen molar-refractivity contribution in [2.24, 2.45) is 0 Å². The van der Waals surface area contributed by atoms with Gasteiger partial charge in [0, 0.05) is 15.6 Å². The van der Waals surface area contributed by atoms with E-state index >= 15 is 0 Å². The molecule has 0 saturated carbocycles. The first-order valence-corrected chi connectivity index (χ1v) is 14.8. The standard InChI is InChI=1S/C33H30BrF3N4O4/c1-19(38-2)30(42)39-26-18-41(31(43)20-8-11-22(12-9-20)33(35,36)37)28-7-5-4-6-27(28)40(32(26)44)17-25-24-14-13-23(34)16-21(24)10-15-29(25)45-3/h4-16,19,26,38H,17-18H2,1-3H3,(H,39,42). The number of nitrogens with zero attached hydrogens (tertiary/aromatic N) is 2. The Morgan fingerprint density at radius 3 is 2.36 bits per heavy atom. The van der Waals surface area contributed by atoms with E-state index in [9.17, 15) is 27.6 Å². The van der Waals surface area contributed by atoms with Crippen molar-refractivity contribution < 1.29 is 32.3 Å². The number of alkyl halides is 3. The predicted molar refractivity (Wildman–Crippen MR) is 169 cm³/mol. The minimum atomic E-state index is -4.57. The van der Waals surface area contributed by atoms with Crippen LogP contribution in [0.4, 0.5) is 24.5 Å². The van der Waals surface area contributed by atoms with Crippen LogP contribution < -0.4 is 25.2 Å². The van der Waals surface area contributed by atoms with Crippen LogP contribution in [0.1, 0.15) is 28.4 Å².